The van der Waals surface area contributed by atoms with E-state index >= 15 is 0 Å². The summed E-state index contributed by atoms with van der Waals surface area (Å²) in [6, 6.07) is 13.0. The fraction of sp³-hybridized carbons (Fsp3) is 0.294. The fourth-order valence-corrected chi connectivity index (χ4v) is 2.35. The average Bonchev–Trinajstić information content (AvgIpc) is 2.44. The van der Waals surface area contributed by atoms with Gasteiger partial charge in [0.1, 0.15) is 5.82 Å². The van der Waals surface area contributed by atoms with E-state index in [1.807, 2.05) is 7.05 Å². The van der Waals surface area contributed by atoms with Crippen LogP contribution in [0.1, 0.15) is 22.7 Å². The van der Waals surface area contributed by atoms with Gasteiger partial charge in [-0.15, -0.1) is 0 Å². The molecule has 0 aliphatic heterocycles. The Morgan fingerprint density at radius 2 is 1.70 bits per heavy atom. The Kier molecular flexibility index (Phi) is 4.40. The highest BCUT2D eigenvalue weighted by molar-refractivity contribution is 5.49. The van der Waals surface area contributed by atoms with Crippen LogP contribution in [0.2, 0.25) is 0 Å². The van der Waals surface area contributed by atoms with Gasteiger partial charge in [0.05, 0.1) is 6.04 Å². The lowest BCUT2D eigenvalue weighted by molar-refractivity contribution is 0.626. The number of likely N-dealkylation sites (N-methyl/N-ethyl adjacent to an activating group) is 1. The quantitative estimate of drug-likeness (QED) is 0.921. The minimum Gasteiger partial charge on any atom is -0.366 e. The van der Waals surface area contributed by atoms with E-state index in [1.165, 1.54) is 28.8 Å². The number of aryl methyl sites for hydroxylation is 2. The minimum atomic E-state index is -0.224. The molecule has 0 amide bonds. The first kappa shape index (κ1) is 14.5. The molecule has 0 aliphatic carbocycles. The molecule has 1 atom stereocenters. The summed E-state index contributed by atoms with van der Waals surface area (Å²) >= 11 is 0. The van der Waals surface area contributed by atoms with Gasteiger partial charge < -0.3 is 10.6 Å². The van der Waals surface area contributed by atoms with Gasteiger partial charge in [-0.2, -0.15) is 0 Å². The maximum absolute atomic E-state index is 13.0. The largest absolute Gasteiger partial charge is 0.366 e. The van der Waals surface area contributed by atoms with Crippen molar-refractivity contribution in [1.82, 2.24) is 0 Å². The maximum Gasteiger partial charge on any atom is 0.123 e. The van der Waals surface area contributed by atoms with E-state index in [9.17, 15) is 4.39 Å². The monoisotopic (exact) mass is 272 g/mol. The van der Waals surface area contributed by atoms with Gasteiger partial charge in [0.25, 0.3) is 0 Å². The zero-order chi connectivity index (χ0) is 14.7. The summed E-state index contributed by atoms with van der Waals surface area (Å²) in [4.78, 5) is 2.09. The molecule has 0 aliphatic rings. The first-order chi connectivity index (χ1) is 9.52. The van der Waals surface area contributed by atoms with Gasteiger partial charge in [0.15, 0.2) is 0 Å². The third-order valence-corrected chi connectivity index (χ3v) is 3.84. The molecule has 2 aromatic carbocycles. The zero-order valence-corrected chi connectivity index (χ0v) is 12.2. The lowest BCUT2D eigenvalue weighted by atomic mass is 10.00. The number of hydrogen-bond acceptors (Lipinski definition) is 2. The van der Waals surface area contributed by atoms with Crippen LogP contribution in [-0.2, 0) is 0 Å². The Morgan fingerprint density at radius 1 is 1.05 bits per heavy atom. The van der Waals surface area contributed by atoms with Crippen LogP contribution in [0.4, 0.5) is 10.1 Å². The van der Waals surface area contributed by atoms with Gasteiger partial charge in [-0.3, -0.25) is 0 Å². The molecule has 106 valence electrons. The maximum atomic E-state index is 13.0. The third-order valence-electron chi connectivity index (χ3n) is 3.84. The molecule has 0 spiro atoms. The molecule has 1 unspecified atom stereocenters. The smallest absolute Gasteiger partial charge is 0.123 e. The summed E-state index contributed by atoms with van der Waals surface area (Å²) in [5, 5.41) is 0. The topological polar surface area (TPSA) is 29.3 Å². The van der Waals surface area contributed by atoms with Crippen LogP contribution in [0, 0.1) is 19.7 Å². The van der Waals surface area contributed by atoms with E-state index in [0.717, 1.165) is 5.69 Å². The van der Waals surface area contributed by atoms with E-state index < -0.39 is 0 Å². The van der Waals surface area contributed by atoms with E-state index in [0.29, 0.717) is 6.54 Å². The Labute approximate surface area is 120 Å². The van der Waals surface area contributed by atoms with Crippen molar-refractivity contribution >= 4 is 5.69 Å². The summed E-state index contributed by atoms with van der Waals surface area (Å²) in [6.45, 7) is 4.71. The molecule has 2 aromatic rings. The Morgan fingerprint density at radius 3 is 2.25 bits per heavy atom. The van der Waals surface area contributed by atoms with E-state index in [1.54, 1.807) is 12.1 Å². The lowest BCUT2D eigenvalue weighted by Crippen LogP contribution is -2.30. The Hall–Kier alpha value is -1.87. The van der Waals surface area contributed by atoms with Crippen molar-refractivity contribution in [1.29, 1.82) is 0 Å². The summed E-state index contributed by atoms with van der Waals surface area (Å²) in [5.74, 6) is -0.224. The van der Waals surface area contributed by atoms with Crippen LogP contribution in [-0.4, -0.2) is 13.6 Å². The molecule has 0 radical (unpaired) electrons. The van der Waals surface area contributed by atoms with Crippen molar-refractivity contribution < 1.29 is 4.39 Å². The fourth-order valence-electron chi connectivity index (χ4n) is 2.35. The predicted octanol–water partition coefficient (Wildman–Crippen LogP) is 3.58. The lowest BCUT2D eigenvalue weighted by Gasteiger charge is -2.30. The number of rotatable bonds is 4. The number of nitrogens with zero attached hydrogens (tertiary/aromatic N) is 1. The Bertz CT molecular complexity index is 578. The van der Waals surface area contributed by atoms with Crippen LogP contribution in [0.3, 0.4) is 0 Å². The Balaban J connectivity index is 2.31. The molecule has 0 saturated carbocycles. The standard InChI is InChI=1S/C17H21FN2/c1-12-4-5-14(10-13(12)2)17(11-19)20(3)16-8-6-15(18)7-9-16/h4-10,17H,11,19H2,1-3H3. The first-order valence-electron chi connectivity index (χ1n) is 6.78. The van der Waals surface area contributed by atoms with E-state index in [4.69, 9.17) is 5.73 Å². The molecule has 20 heavy (non-hydrogen) atoms. The molecule has 0 bridgehead atoms. The number of halogens is 1. The van der Waals surface area contributed by atoms with Crippen molar-refractivity contribution in [3.8, 4) is 0 Å². The average molecular weight is 272 g/mol. The van der Waals surface area contributed by atoms with Crippen LogP contribution >= 0.6 is 0 Å². The second kappa shape index (κ2) is 6.06. The molecule has 0 aromatic heterocycles. The van der Waals surface area contributed by atoms with Crippen molar-refractivity contribution in [3.63, 3.8) is 0 Å². The van der Waals surface area contributed by atoms with Gasteiger partial charge >= 0.3 is 0 Å². The molecule has 2 nitrogen and oxygen atoms in total. The molecule has 0 heterocycles. The third kappa shape index (κ3) is 2.99. The second-order valence-corrected chi connectivity index (χ2v) is 5.18. The van der Waals surface area contributed by atoms with Crippen LogP contribution in [0.15, 0.2) is 42.5 Å². The van der Waals surface area contributed by atoms with Crippen molar-refractivity contribution in [2.75, 3.05) is 18.5 Å². The highest BCUT2D eigenvalue weighted by atomic mass is 19.1. The van der Waals surface area contributed by atoms with Gasteiger partial charge in [-0.25, -0.2) is 4.39 Å². The molecule has 3 heteroatoms. The van der Waals surface area contributed by atoms with Crippen molar-refractivity contribution in [2.45, 2.75) is 19.9 Å². The molecule has 0 fully saturated rings. The summed E-state index contributed by atoms with van der Waals surface area (Å²) in [7, 11) is 1.99. The summed E-state index contributed by atoms with van der Waals surface area (Å²) in [6.07, 6.45) is 0. The molecule has 0 saturated heterocycles. The van der Waals surface area contributed by atoms with E-state index in [2.05, 4.69) is 36.9 Å². The molecular weight excluding hydrogens is 251 g/mol. The molecule has 2 N–H and O–H groups in total. The highest BCUT2D eigenvalue weighted by Crippen LogP contribution is 2.26. The van der Waals surface area contributed by atoms with Gasteiger partial charge in [0.2, 0.25) is 0 Å². The predicted molar refractivity (Wildman–Crippen MR) is 82.5 cm³/mol. The van der Waals surface area contributed by atoms with Crippen molar-refractivity contribution in [3.05, 3.63) is 65.0 Å². The van der Waals surface area contributed by atoms with Crippen LogP contribution in [0.25, 0.3) is 0 Å². The highest BCUT2D eigenvalue weighted by Gasteiger charge is 2.16. The normalized spacial score (nSPS) is 12.2. The zero-order valence-electron chi connectivity index (χ0n) is 12.2. The van der Waals surface area contributed by atoms with Gasteiger partial charge in [-0.1, -0.05) is 18.2 Å². The number of nitrogens with two attached hydrogens (primary N) is 1. The van der Waals surface area contributed by atoms with Crippen LogP contribution in [0.5, 0.6) is 0 Å². The number of hydrogen-bond donors (Lipinski definition) is 1. The number of anilines is 1. The minimum absolute atomic E-state index is 0.0831. The summed E-state index contributed by atoms with van der Waals surface area (Å²) in [5.41, 5.74) is 10.6. The van der Waals surface area contributed by atoms with Crippen LogP contribution < -0.4 is 10.6 Å². The SMILES string of the molecule is Cc1ccc(C(CN)N(C)c2ccc(F)cc2)cc1C. The van der Waals surface area contributed by atoms with Gasteiger partial charge in [0, 0.05) is 19.3 Å². The number of benzene rings is 2. The first-order valence-corrected chi connectivity index (χ1v) is 6.78. The second-order valence-electron chi connectivity index (χ2n) is 5.18. The van der Waals surface area contributed by atoms with E-state index in [-0.39, 0.29) is 11.9 Å². The molecule has 2 rings (SSSR count). The summed E-state index contributed by atoms with van der Waals surface area (Å²) < 4.78 is 13.0. The molecular formula is C17H21FN2. The van der Waals surface area contributed by atoms with Gasteiger partial charge in [-0.05, 0) is 54.8 Å². The van der Waals surface area contributed by atoms with Crippen molar-refractivity contribution in [2.24, 2.45) is 5.73 Å².